The van der Waals surface area contributed by atoms with Gasteiger partial charge in [-0.1, -0.05) is 29.8 Å². The Hall–Kier alpha value is -0.670. The van der Waals surface area contributed by atoms with Gasteiger partial charge in [0.15, 0.2) is 5.78 Å². The Bertz CT molecular complexity index is 347. The summed E-state index contributed by atoms with van der Waals surface area (Å²) in [7, 11) is 0. The second-order valence-electron chi connectivity index (χ2n) is 3.56. The molecule has 0 amide bonds. The van der Waals surface area contributed by atoms with Crippen molar-refractivity contribution < 1.29 is 4.79 Å². The first-order valence-electron chi connectivity index (χ1n) is 4.58. The monoisotopic (exact) mass is 255 g/mol. The summed E-state index contributed by atoms with van der Waals surface area (Å²) >= 11 is 3.39. The SMILES string of the molecule is CC(C)c1cc(Br)cc(C(=O)CN)c1. The summed E-state index contributed by atoms with van der Waals surface area (Å²) in [5.41, 5.74) is 7.15. The Balaban J connectivity index is 3.13. The first-order valence-corrected chi connectivity index (χ1v) is 5.37. The highest BCUT2D eigenvalue weighted by Crippen LogP contribution is 2.22. The Morgan fingerprint density at radius 3 is 2.57 bits per heavy atom. The highest BCUT2D eigenvalue weighted by molar-refractivity contribution is 9.10. The van der Waals surface area contributed by atoms with Crippen molar-refractivity contribution in [1.29, 1.82) is 0 Å². The van der Waals surface area contributed by atoms with Gasteiger partial charge in [0, 0.05) is 10.0 Å². The van der Waals surface area contributed by atoms with Crippen LogP contribution in [-0.2, 0) is 0 Å². The van der Waals surface area contributed by atoms with Crippen LogP contribution in [0.5, 0.6) is 0 Å². The van der Waals surface area contributed by atoms with E-state index in [1.54, 1.807) is 6.07 Å². The highest BCUT2D eigenvalue weighted by atomic mass is 79.9. The maximum absolute atomic E-state index is 11.4. The van der Waals surface area contributed by atoms with Crippen LogP contribution in [0, 0.1) is 0 Å². The molecule has 0 radical (unpaired) electrons. The molecule has 1 aromatic rings. The summed E-state index contributed by atoms with van der Waals surface area (Å²) in [6.45, 7) is 4.25. The number of benzene rings is 1. The molecule has 0 aromatic heterocycles. The number of carbonyl (C=O) groups is 1. The van der Waals surface area contributed by atoms with Crippen molar-refractivity contribution in [3.05, 3.63) is 33.8 Å². The third kappa shape index (κ3) is 2.66. The van der Waals surface area contributed by atoms with E-state index < -0.39 is 0 Å². The molecular weight excluding hydrogens is 242 g/mol. The number of hydrogen-bond donors (Lipinski definition) is 1. The first-order chi connectivity index (χ1) is 6.54. The summed E-state index contributed by atoms with van der Waals surface area (Å²) in [4.78, 5) is 11.4. The molecule has 2 N–H and O–H groups in total. The van der Waals surface area contributed by atoms with Gasteiger partial charge in [0.1, 0.15) is 0 Å². The molecular formula is C11H14BrNO. The standard InChI is InChI=1S/C11H14BrNO/c1-7(2)8-3-9(11(14)6-13)5-10(12)4-8/h3-5,7H,6,13H2,1-2H3. The van der Waals surface area contributed by atoms with Crippen molar-refractivity contribution in [1.82, 2.24) is 0 Å². The Morgan fingerprint density at radius 1 is 1.43 bits per heavy atom. The maximum atomic E-state index is 11.4. The molecule has 0 unspecified atom stereocenters. The second-order valence-corrected chi connectivity index (χ2v) is 4.47. The van der Waals surface area contributed by atoms with Gasteiger partial charge < -0.3 is 5.73 Å². The number of nitrogens with two attached hydrogens (primary N) is 1. The predicted octanol–water partition coefficient (Wildman–Crippen LogP) is 2.71. The van der Waals surface area contributed by atoms with Gasteiger partial charge in [-0.3, -0.25) is 4.79 Å². The molecule has 76 valence electrons. The van der Waals surface area contributed by atoms with Gasteiger partial charge in [-0.2, -0.15) is 0 Å². The molecule has 0 saturated carbocycles. The highest BCUT2D eigenvalue weighted by Gasteiger charge is 2.07. The van der Waals surface area contributed by atoms with Crippen LogP contribution in [0.15, 0.2) is 22.7 Å². The van der Waals surface area contributed by atoms with Crippen LogP contribution in [0.4, 0.5) is 0 Å². The lowest BCUT2D eigenvalue weighted by Gasteiger charge is -2.08. The van der Waals surface area contributed by atoms with Crippen molar-refractivity contribution in [2.45, 2.75) is 19.8 Å². The van der Waals surface area contributed by atoms with Gasteiger partial charge >= 0.3 is 0 Å². The summed E-state index contributed by atoms with van der Waals surface area (Å²) in [6.07, 6.45) is 0. The molecule has 1 rings (SSSR count). The van der Waals surface area contributed by atoms with Crippen LogP contribution in [-0.4, -0.2) is 12.3 Å². The van der Waals surface area contributed by atoms with E-state index in [-0.39, 0.29) is 12.3 Å². The van der Waals surface area contributed by atoms with Crippen LogP contribution in [0.3, 0.4) is 0 Å². The maximum Gasteiger partial charge on any atom is 0.176 e. The minimum Gasteiger partial charge on any atom is -0.324 e. The summed E-state index contributed by atoms with van der Waals surface area (Å²) in [5.74, 6) is 0.394. The largest absolute Gasteiger partial charge is 0.324 e. The number of hydrogen-bond acceptors (Lipinski definition) is 2. The third-order valence-corrected chi connectivity index (χ3v) is 2.55. The molecule has 0 aliphatic carbocycles. The fraction of sp³-hybridized carbons (Fsp3) is 0.364. The lowest BCUT2D eigenvalue weighted by Crippen LogP contribution is -2.13. The fourth-order valence-electron chi connectivity index (χ4n) is 1.22. The average Bonchev–Trinajstić information content (AvgIpc) is 2.15. The van der Waals surface area contributed by atoms with Gasteiger partial charge in [-0.05, 0) is 29.7 Å². The number of rotatable bonds is 3. The molecule has 0 fully saturated rings. The van der Waals surface area contributed by atoms with Gasteiger partial charge in [-0.25, -0.2) is 0 Å². The molecule has 2 nitrogen and oxygen atoms in total. The normalized spacial score (nSPS) is 10.6. The smallest absolute Gasteiger partial charge is 0.176 e. The first kappa shape index (κ1) is 11.4. The van der Waals surface area contributed by atoms with E-state index in [4.69, 9.17) is 5.73 Å². The average molecular weight is 256 g/mol. The lowest BCUT2D eigenvalue weighted by molar-refractivity contribution is 0.100. The number of carbonyl (C=O) groups excluding carboxylic acids is 1. The minimum absolute atomic E-state index is 0.0202. The minimum atomic E-state index is -0.0202. The molecule has 3 heteroatoms. The van der Waals surface area contributed by atoms with E-state index in [0.717, 1.165) is 10.0 Å². The van der Waals surface area contributed by atoms with Gasteiger partial charge in [-0.15, -0.1) is 0 Å². The summed E-state index contributed by atoms with van der Waals surface area (Å²) in [6, 6.07) is 5.74. The number of halogens is 1. The summed E-state index contributed by atoms with van der Waals surface area (Å²) < 4.78 is 0.931. The second kappa shape index (κ2) is 4.71. The number of ketones is 1. The zero-order chi connectivity index (χ0) is 10.7. The van der Waals surface area contributed by atoms with Crippen LogP contribution < -0.4 is 5.73 Å². The molecule has 1 aromatic carbocycles. The zero-order valence-corrected chi connectivity index (χ0v) is 9.97. The van der Waals surface area contributed by atoms with E-state index in [9.17, 15) is 4.79 Å². The molecule has 0 aliphatic rings. The van der Waals surface area contributed by atoms with Crippen molar-refractivity contribution in [3.63, 3.8) is 0 Å². The van der Waals surface area contributed by atoms with E-state index >= 15 is 0 Å². The van der Waals surface area contributed by atoms with Crippen LogP contribution in [0.25, 0.3) is 0 Å². The lowest BCUT2D eigenvalue weighted by atomic mass is 9.99. The summed E-state index contributed by atoms with van der Waals surface area (Å²) in [5, 5.41) is 0. The molecule has 0 bridgehead atoms. The van der Waals surface area contributed by atoms with Gasteiger partial charge in [0.05, 0.1) is 6.54 Å². The molecule has 0 spiro atoms. The quantitative estimate of drug-likeness (QED) is 0.845. The van der Waals surface area contributed by atoms with Gasteiger partial charge in [0.2, 0.25) is 0 Å². The Morgan fingerprint density at radius 2 is 2.07 bits per heavy atom. The van der Waals surface area contributed by atoms with E-state index in [1.165, 1.54) is 0 Å². The van der Waals surface area contributed by atoms with Crippen LogP contribution in [0.2, 0.25) is 0 Å². The number of Topliss-reactive ketones (excluding diaryl/α,β-unsaturated/α-hetero) is 1. The molecule has 0 aliphatic heterocycles. The van der Waals surface area contributed by atoms with Crippen molar-refractivity contribution >= 4 is 21.7 Å². The third-order valence-electron chi connectivity index (χ3n) is 2.09. The van der Waals surface area contributed by atoms with Crippen molar-refractivity contribution in [2.24, 2.45) is 5.73 Å². The van der Waals surface area contributed by atoms with Crippen molar-refractivity contribution in [3.8, 4) is 0 Å². The molecule has 14 heavy (non-hydrogen) atoms. The Labute approximate surface area is 92.6 Å². The molecule has 0 heterocycles. The van der Waals surface area contributed by atoms with Gasteiger partial charge in [0.25, 0.3) is 0 Å². The van der Waals surface area contributed by atoms with E-state index in [2.05, 4.69) is 29.8 Å². The van der Waals surface area contributed by atoms with Crippen LogP contribution >= 0.6 is 15.9 Å². The molecule has 0 atom stereocenters. The van der Waals surface area contributed by atoms with Crippen molar-refractivity contribution in [2.75, 3.05) is 6.54 Å². The Kier molecular flexibility index (Phi) is 3.84. The van der Waals surface area contributed by atoms with Crippen LogP contribution in [0.1, 0.15) is 35.7 Å². The zero-order valence-electron chi connectivity index (χ0n) is 8.38. The van der Waals surface area contributed by atoms with E-state index in [0.29, 0.717) is 11.5 Å². The predicted molar refractivity (Wildman–Crippen MR) is 61.6 cm³/mol. The topological polar surface area (TPSA) is 43.1 Å². The fourth-order valence-corrected chi connectivity index (χ4v) is 1.74. The molecule has 0 saturated heterocycles. The van der Waals surface area contributed by atoms with E-state index in [1.807, 2.05) is 12.1 Å².